The van der Waals surface area contributed by atoms with E-state index in [4.69, 9.17) is 20.4 Å². The van der Waals surface area contributed by atoms with E-state index in [2.05, 4.69) is 0 Å². The molecule has 11 heavy (non-hydrogen) atoms. The minimum absolute atomic E-state index is 0.286. The van der Waals surface area contributed by atoms with Crippen molar-refractivity contribution in [2.45, 2.75) is 26.1 Å². The topological polar surface area (TPSA) is 80.9 Å². The van der Waals surface area contributed by atoms with Gasteiger partial charge in [-0.05, 0) is 19.4 Å². The summed E-state index contributed by atoms with van der Waals surface area (Å²) in [5, 5.41) is 35.3. The lowest BCUT2D eigenvalue weighted by Crippen LogP contribution is -2.31. The Hall–Kier alpha value is -0.580. The summed E-state index contributed by atoms with van der Waals surface area (Å²) >= 11 is 0. The van der Waals surface area contributed by atoms with Gasteiger partial charge in [0.25, 0.3) is 0 Å². The van der Waals surface area contributed by atoms with E-state index < -0.39 is 18.8 Å². The fourth-order valence-corrected chi connectivity index (χ4v) is 0.578. The molecule has 0 aromatic heterocycles. The van der Waals surface area contributed by atoms with E-state index >= 15 is 0 Å². The van der Waals surface area contributed by atoms with E-state index in [0.29, 0.717) is 5.57 Å². The molecule has 0 spiro atoms. The average Bonchev–Trinajstić information content (AvgIpc) is 2.00. The Labute approximate surface area is 65.4 Å². The molecular weight excluding hydrogens is 148 g/mol. The number of aliphatic hydroxyl groups is 4. The van der Waals surface area contributed by atoms with E-state index in [0.717, 1.165) is 0 Å². The predicted molar refractivity (Wildman–Crippen MR) is 40.1 cm³/mol. The highest BCUT2D eigenvalue weighted by Crippen LogP contribution is 2.08. The van der Waals surface area contributed by atoms with Crippen molar-refractivity contribution >= 4 is 0 Å². The van der Waals surface area contributed by atoms with Gasteiger partial charge in [0.15, 0.2) is 0 Å². The lowest BCUT2D eigenvalue weighted by Gasteiger charge is -2.15. The van der Waals surface area contributed by atoms with E-state index in [1.54, 1.807) is 13.8 Å². The number of allylic oxidation sites excluding steroid dienone is 1. The van der Waals surface area contributed by atoms with Gasteiger partial charge in [0.1, 0.15) is 18.0 Å². The first kappa shape index (κ1) is 10.4. The van der Waals surface area contributed by atoms with Crippen LogP contribution in [0.3, 0.4) is 0 Å². The fraction of sp³-hybridized carbons (Fsp3) is 0.714. The quantitative estimate of drug-likeness (QED) is 0.424. The average molecular weight is 162 g/mol. The molecule has 0 saturated carbocycles. The van der Waals surface area contributed by atoms with Crippen molar-refractivity contribution in [3.05, 3.63) is 11.3 Å². The van der Waals surface area contributed by atoms with Gasteiger partial charge >= 0.3 is 0 Å². The van der Waals surface area contributed by atoms with Crippen molar-refractivity contribution in [3.63, 3.8) is 0 Å². The van der Waals surface area contributed by atoms with Gasteiger partial charge in [-0.25, -0.2) is 0 Å². The molecule has 0 aliphatic heterocycles. The molecular formula is C7H14O4. The van der Waals surface area contributed by atoms with Crippen LogP contribution >= 0.6 is 0 Å². The predicted octanol–water partition coefficient (Wildman–Crippen LogP) is -0.448. The lowest BCUT2D eigenvalue weighted by atomic mass is 10.1. The van der Waals surface area contributed by atoms with Gasteiger partial charge in [0, 0.05) is 0 Å². The number of aliphatic hydroxyl groups excluding tert-OH is 4. The normalized spacial score (nSPS) is 15.7. The van der Waals surface area contributed by atoms with Gasteiger partial charge in [0.2, 0.25) is 0 Å². The molecule has 0 rings (SSSR count). The number of hydrogen-bond acceptors (Lipinski definition) is 4. The largest absolute Gasteiger partial charge is 0.510 e. The Bertz CT molecular complexity index is 149. The summed E-state index contributed by atoms with van der Waals surface area (Å²) in [5.74, 6) is -0.286. The molecule has 0 aromatic carbocycles. The van der Waals surface area contributed by atoms with Crippen LogP contribution in [0.5, 0.6) is 0 Å². The van der Waals surface area contributed by atoms with Crippen molar-refractivity contribution in [1.29, 1.82) is 0 Å². The second-order valence-electron chi connectivity index (χ2n) is 2.58. The Morgan fingerprint density at radius 2 is 1.73 bits per heavy atom. The molecule has 0 heterocycles. The summed E-state index contributed by atoms with van der Waals surface area (Å²) in [6, 6.07) is 0. The fourth-order valence-electron chi connectivity index (χ4n) is 0.578. The third-order valence-electron chi connectivity index (χ3n) is 1.34. The van der Waals surface area contributed by atoms with Gasteiger partial charge in [-0.2, -0.15) is 0 Å². The van der Waals surface area contributed by atoms with Crippen LogP contribution in [0.1, 0.15) is 13.8 Å². The van der Waals surface area contributed by atoms with Crippen molar-refractivity contribution in [1.82, 2.24) is 0 Å². The Morgan fingerprint density at radius 3 is 2.00 bits per heavy atom. The van der Waals surface area contributed by atoms with Crippen molar-refractivity contribution < 1.29 is 20.4 Å². The van der Waals surface area contributed by atoms with Crippen LogP contribution in [0, 0.1) is 0 Å². The van der Waals surface area contributed by atoms with Crippen LogP contribution in [0.2, 0.25) is 0 Å². The molecule has 0 radical (unpaired) electrons. The van der Waals surface area contributed by atoms with Crippen LogP contribution in [0.15, 0.2) is 11.3 Å². The molecule has 0 aliphatic carbocycles. The molecule has 4 N–H and O–H groups in total. The third-order valence-corrected chi connectivity index (χ3v) is 1.34. The second-order valence-corrected chi connectivity index (χ2v) is 2.58. The molecule has 0 aliphatic rings. The van der Waals surface area contributed by atoms with E-state index in [1.165, 1.54) is 0 Å². The molecule has 0 unspecified atom stereocenters. The Morgan fingerprint density at radius 1 is 1.27 bits per heavy atom. The first-order valence-corrected chi connectivity index (χ1v) is 3.34. The van der Waals surface area contributed by atoms with E-state index in [9.17, 15) is 0 Å². The maximum absolute atomic E-state index is 9.06. The minimum atomic E-state index is -1.38. The molecule has 4 heteroatoms. The van der Waals surface area contributed by atoms with Gasteiger partial charge < -0.3 is 20.4 Å². The van der Waals surface area contributed by atoms with Gasteiger partial charge in [-0.1, -0.05) is 0 Å². The highest BCUT2D eigenvalue weighted by atomic mass is 16.4. The summed E-state index contributed by atoms with van der Waals surface area (Å²) in [4.78, 5) is 0. The summed E-state index contributed by atoms with van der Waals surface area (Å²) in [6.07, 6.45) is -2.70. The van der Waals surface area contributed by atoms with Crippen molar-refractivity contribution in [3.8, 4) is 0 Å². The van der Waals surface area contributed by atoms with Crippen LogP contribution in [-0.2, 0) is 0 Å². The van der Waals surface area contributed by atoms with Crippen LogP contribution in [0.25, 0.3) is 0 Å². The first-order valence-electron chi connectivity index (χ1n) is 3.34. The molecule has 0 saturated heterocycles. The number of rotatable bonds is 3. The molecule has 2 atom stereocenters. The molecule has 0 fully saturated rings. The molecule has 0 bridgehead atoms. The zero-order valence-electron chi connectivity index (χ0n) is 6.65. The van der Waals surface area contributed by atoms with Gasteiger partial charge in [-0.3, -0.25) is 0 Å². The Kier molecular flexibility index (Phi) is 4.10. The molecule has 0 aromatic rings. The van der Waals surface area contributed by atoms with Crippen LogP contribution in [0.4, 0.5) is 0 Å². The van der Waals surface area contributed by atoms with Crippen molar-refractivity contribution in [2.24, 2.45) is 0 Å². The van der Waals surface area contributed by atoms with Crippen LogP contribution < -0.4 is 0 Å². The minimum Gasteiger partial charge on any atom is -0.510 e. The highest BCUT2D eigenvalue weighted by molar-refractivity contribution is 5.07. The van der Waals surface area contributed by atoms with Crippen molar-refractivity contribution in [2.75, 3.05) is 6.61 Å². The van der Waals surface area contributed by atoms with E-state index in [1.807, 2.05) is 0 Å². The monoisotopic (exact) mass is 162 g/mol. The number of hydrogen-bond donors (Lipinski definition) is 4. The maximum Gasteiger partial charge on any atom is 0.139 e. The second kappa shape index (κ2) is 4.33. The summed E-state index contributed by atoms with van der Waals surface area (Å²) in [7, 11) is 0. The zero-order chi connectivity index (χ0) is 9.02. The summed E-state index contributed by atoms with van der Waals surface area (Å²) < 4.78 is 0. The first-order chi connectivity index (χ1) is 5.00. The molecule has 66 valence electrons. The highest BCUT2D eigenvalue weighted by Gasteiger charge is 2.19. The summed E-state index contributed by atoms with van der Waals surface area (Å²) in [6.45, 7) is 2.63. The lowest BCUT2D eigenvalue weighted by molar-refractivity contribution is -0.0141. The van der Waals surface area contributed by atoms with Gasteiger partial charge in [0.05, 0.1) is 6.61 Å². The van der Waals surface area contributed by atoms with E-state index in [-0.39, 0.29) is 5.76 Å². The summed E-state index contributed by atoms with van der Waals surface area (Å²) in [5.41, 5.74) is 0.519. The molecule has 4 nitrogen and oxygen atoms in total. The smallest absolute Gasteiger partial charge is 0.139 e. The maximum atomic E-state index is 9.06. The standard InChI is InChI=1S/C7H14O4/c1-4(2)6(10)7(11)5(9)3-8/h5,7-11H,3H2,1-2H3/t5-,7-/m0/s1. The van der Waals surface area contributed by atoms with Gasteiger partial charge in [-0.15, -0.1) is 0 Å². The Balaban J connectivity index is 4.24. The third kappa shape index (κ3) is 2.88. The van der Waals surface area contributed by atoms with Crippen LogP contribution in [-0.4, -0.2) is 39.2 Å². The SMILES string of the molecule is CC(C)=C(O)[C@@H](O)[C@@H](O)CO. The zero-order valence-corrected chi connectivity index (χ0v) is 6.65. The molecule has 0 amide bonds.